The lowest BCUT2D eigenvalue weighted by Gasteiger charge is -2.25. The van der Waals surface area contributed by atoms with E-state index in [1.54, 1.807) is 18.4 Å². The van der Waals surface area contributed by atoms with Crippen molar-refractivity contribution in [2.45, 2.75) is 59.9 Å². The molecule has 0 unspecified atom stereocenters. The van der Waals surface area contributed by atoms with Gasteiger partial charge in [-0.15, -0.1) is 0 Å². The van der Waals surface area contributed by atoms with Gasteiger partial charge in [0.15, 0.2) is 16.3 Å². The van der Waals surface area contributed by atoms with E-state index in [0.717, 1.165) is 5.56 Å². The number of rotatable bonds is 8. The van der Waals surface area contributed by atoms with Crippen LogP contribution in [-0.4, -0.2) is 30.4 Å². The molecule has 39 heavy (non-hydrogen) atoms. The molecule has 0 amide bonds. The summed E-state index contributed by atoms with van der Waals surface area (Å²) in [4.78, 5) is 32.3. The molecule has 1 aliphatic heterocycles. The molecule has 206 valence electrons. The minimum atomic E-state index is -0.722. The summed E-state index contributed by atoms with van der Waals surface area (Å²) in [7, 11) is 0. The number of benzene rings is 2. The number of carbonyl (C=O) groups is 1. The summed E-state index contributed by atoms with van der Waals surface area (Å²) in [6, 6.07) is 13.0. The highest BCUT2D eigenvalue weighted by Gasteiger charge is 2.34. The molecule has 1 aliphatic rings. The Labute approximate surface area is 233 Å². The van der Waals surface area contributed by atoms with Gasteiger partial charge >= 0.3 is 5.97 Å². The monoisotopic (exact) mass is 548 g/mol. The van der Waals surface area contributed by atoms with Gasteiger partial charge in [0.1, 0.15) is 0 Å². The zero-order valence-corrected chi connectivity index (χ0v) is 24.5. The average molecular weight is 549 g/mol. The number of carbonyl (C=O) groups excluding carboxylic acids is 1. The first-order valence-electron chi connectivity index (χ1n) is 13.3. The van der Waals surface area contributed by atoms with Gasteiger partial charge in [-0.2, -0.15) is 0 Å². The first-order valence-corrected chi connectivity index (χ1v) is 14.1. The number of allylic oxidation sites excluding steroid dienone is 1. The summed E-state index contributed by atoms with van der Waals surface area (Å²) in [6.07, 6.45) is 1.88. The predicted octanol–water partition coefficient (Wildman–Crippen LogP) is 4.89. The molecule has 2 aromatic carbocycles. The maximum Gasteiger partial charge on any atom is 0.338 e. The second-order valence-corrected chi connectivity index (χ2v) is 11.3. The highest BCUT2D eigenvalue weighted by molar-refractivity contribution is 7.07. The fourth-order valence-corrected chi connectivity index (χ4v) is 5.62. The molecular formula is C31H36N2O5S. The van der Waals surface area contributed by atoms with Crippen LogP contribution in [0.15, 0.2) is 63.5 Å². The van der Waals surface area contributed by atoms with E-state index in [9.17, 15) is 9.59 Å². The number of hydrogen-bond acceptors (Lipinski definition) is 7. The van der Waals surface area contributed by atoms with Crippen molar-refractivity contribution in [2.24, 2.45) is 4.99 Å². The van der Waals surface area contributed by atoms with E-state index < -0.39 is 12.0 Å². The summed E-state index contributed by atoms with van der Waals surface area (Å²) in [6.45, 7) is 15.0. The molecular weight excluding hydrogens is 512 g/mol. The van der Waals surface area contributed by atoms with Gasteiger partial charge < -0.3 is 14.2 Å². The third-order valence-corrected chi connectivity index (χ3v) is 7.46. The Morgan fingerprint density at radius 1 is 1.00 bits per heavy atom. The van der Waals surface area contributed by atoms with Crippen LogP contribution >= 0.6 is 11.3 Å². The van der Waals surface area contributed by atoms with Crippen LogP contribution in [0.1, 0.15) is 71.2 Å². The summed E-state index contributed by atoms with van der Waals surface area (Å²) < 4.78 is 19.1. The fourth-order valence-electron chi connectivity index (χ4n) is 4.58. The molecule has 0 saturated carbocycles. The zero-order valence-electron chi connectivity index (χ0n) is 23.7. The largest absolute Gasteiger partial charge is 0.490 e. The van der Waals surface area contributed by atoms with Crippen LogP contribution in [0.3, 0.4) is 0 Å². The lowest BCUT2D eigenvalue weighted by molar-refractivity contribution is -0.139. The van der Waals surface area contributed by atoms with Gasteiger partial charge in [0.25, 0.3) is 5.56 Å². The summed E-state index contributed by atoms with van der Waals surface area (Å²) in [5.74, 6) is 0.658. The predicted molar refractivity (Wildman–Crippen MR) is 154 cm³/mol. The van der Waals surface area contributed by atoms with Gasteiger partial charge in [-0.1, -0.05) is 62.4 Å². The van der Waals surface area contributed by atoms with Crippen LogP contribution < -0.4 is 24.4 Å². The minimum absolute atomic E-state index is 0.0386. The maximum absolute atomic E-state index is 13.9. The van der Waals surface area contributed by atoms with Crippen molar-refractivity contribution >= 4 is 23.4 Å². The van der Waals surface area contributed by atoms with Crippen LogP contribution in [0.5, 0.6) is 11.5 Å². The van der Waals surface area contributed by atoms with Crippen molar-refractivity contribution in [1.82, 2.24) is 4.57 Å². The molecule has 3 aromatic rings. The van der Waals surface area contributed by atoms with E-state index >= 15 is 0 Å². The molecule has 0 N–H and O–H groups in total. The van der Waals surface area contributed by atoms with Crippen LogP contribution in [0.25, 0.3) is 6.08 Å². The van der Waals surface area contributed by atoms with Crippen molar-refractivity contribution in [3.63, 3.8) is 0 Å². The Morgan fingerprint density at radius 3 is 2.28 bits per heavy atom. The molecule has 1 aromatic heterocycles. The average Bonchev–Trinajstić information content (AvgIpc) is 3.18. The molecule has 0 aliphatic carbocycles. The Morgan fingerprint density at radius 2 is 1.67 bits per heavy atom. The lowest BCUT2D eigenvalue weighted by Crippen LogP contribution is -2.40. The van der Waals surface area contributed by atoms with Gasteiger partial charge in [-0.3, -0.25) is 9.36 Å². The summed E-state index contributed by atoms with van der Waals surface area (Å²) >= 11 is 1.31. The second-order valence-electron chi connectivity index (χ2n) is 10.2. The number of ether oxygens (including phenoxy) is 3. The number of nitrogens with zero attached hydrogens (tertiary/aromatic N) is 2. The number of aromatic nitrogens is 1. The molecule has 0 bridgehead atoms. The van der Waals surface area contributed by atoms with Gasteiger partial charge in [0.2, 0.25) is 0 Å². The van der Waals surface area contributed by atoms with E-state index in [0.29, 0.717) is 50.9 Å². The smallest absolute Gasteiger partial charge is 0.338 e. The van der Waals surface area contributed by atoms with Crippen molar-refractivity contribution in [2.75, 3.05) is 19.8 Å². The molecule has 0 spiro atoms. The first-order chi connectivity index (χ1) is 18.6. The molecule has 2 heterocycles. The van der Waals surface area contributed by atoms with Crippen LogP contribution in [0.2, 0.25) is 0 Å². The van der Waals surface area contributed by atoms with E-state index in [4.69, 9.17) is 14.2 Å². The summed E-state index contributed by atoms with van der Waals surface area (Å²) in [5, 5.41) is 0. The topological polar surface area (TPSA) is 79.1 Å². The lowest BCUT2D eigenvalue weighted by atomic mass is 9.87. The fraction of sp³-hybridized carbons (Fsp3) is 0.387. The minimum Gasteiger partial charge on any atom is -0.490 e. The second kappa shape index (κ2) is 11.6. The highest BCUT2D eigenvalue weighted by atomic mass is 32.1. The van der Waals surface area contributed by atoms with E-state index in [-0.39, 0.29) is 17.6 Å². The number of esters is 1. The Bertz CT molecular complexity index is 1570. The van der Waals surface area contributed by atoms with Crippen LogP contribution in [0.4, 0.5) is 0 Å². The van der Waals surface area contributed by atoms with Gasteiger partial charge in [0.05, 0.1) is 41.7 Å². The summed E-state index contributed by atoms with van der Waals surface area (Å²) in [5.41, 5.74) is 3.52. The molecule has 0 fully saturated rings. The normalized spacial score (nSPS) is 15.6. The Balaban J connectivity index is 1.90. The Hall–Kier alpha value is -3.65. The van der Waals surface area contributed by atoms with E-state index in [2.05, 4.69) is 37.9 Å². The van der Waals surface area contributed by atoms with Crippen molar-refractivity contribution in [1.29, 1.82) is 0 Å². The molecule has 4 rings (SSSR count). The number of thiazole rings is 1. The molecule has 0 saturated heterocycles. The Kier molecular flexibility index (Phi) is 8.45. The molecule has 8 heteroatoms. The maximum atomic E-state index is 13.9. The molecule has 7 nitrogen and oxygen atoms in total. The van der Waals surface area contributed by atoms with Gasteiger partial charge in [-0.25, -0.2) is 9.79 Å². The third-order valence-electron chi connectivity index (χ3n) is 6.47. The molecule has 0 radical (unpaired) electrons. The van der Waals surface area contributed by atoms with E-state index in [1.807, 2.05) is 50.3 Å². The van der Waals surface area contributed by atoms with Gasteiger partial charge in [-0.05, 0) is 68.0 Å². The standard InChI is InChI=1S/C31H36N2O5S/c1-8-36-23-16-13-21(18-24(23)37-9-2)27-26(29(35)38-10-3)19(4)32-30-33(27)28(34)25(39-30)17-20-11-14-22(15-12-20)31(5,6)7/h11-18,27H,8-10H2,1-7H3/b25-17-/t27-/m1/s1. The highest BCUT2D eigenvalue weighted by Crippen LogP contribution is 2.36. The first kappa shape index (κ1) is 28.4. The zero-order chi connectivity index (χ0) is 28.3. The number of hydrogen-bond donors (Lipinski definition) is 0. The van der Waals surface area contributed by atoms with Crippen molar-refractivity contribution in [3.8, 4) is 11.5 Å². The SMILES string of the molecule is CCOC(=O)C1=C(C)N=c2s/c(=C\c3ccc(C(C)(C)C)cc3)c(=O)n2[C@@H]1c1ccc(OCC)c(OCC)c1. The molecule has 1 atom stereocenters. The van der Waals surface area contributed by atoms with Crippen molar-refractivity contribution < 1.29 is 19.0 Å². The van der Waals surface area contributed by atoms with Gasteiger partial charge in [0, 0.05) is 0 Å². The van der Waals surface area contributed by atoms with E-state index in [1.165, 1.54) is 16.9 Å². The van der Waals surface area contributed by atoms with Crippen LogP contribution in [0, 0.1) is 0 Å². The number of fused-ring (bicyclic) bond motifs is 1. The van der Waals surface area contributed by atoms with Crippen molar-refractivity contribution in [3.05, 3.63) is 90.1 Å². The third kappa shape index (κ3) is 5.86. The van der Waals surface area contributed by atoms with Crippen LogP contribution in [-0.2, 0) is 14.9 Å². The quantitative estimate of drug-likeness (QED) is 0.375.